The molecule has 9 heteroatoms. The third kappa shape index (κ3) is 3.33. The number of carbonyl (C=O) groups excluding carboxylic acids is 3. The van der Waals surface area contributed by atoms with Gasteiger partial charge in [-0.1, -0.05) is 59.9 Å². The first-order valence-corrected chi connectivity index (χ1v) is 14.3. The van der Waals surface area contributed by atoms with Crippen LogP contribution >= 0.6 is 23.1 Å². The minimum absolute atomic E-state index is 0.0121. The number of H-pyrrole nitrogens is 1. The van der Waals surface area contributed by atoms with E-state index in [9.17, 15) is 19.2 Å². The summed E-state index contributed by atoms with van der Waals surface area (Å²) >= 11 is 2.93. The van der Waals surface area contributed by atoms with Crippen molar-refractivity contribution in [2.45, 2.75) is 35.6 Å². The summed E-state index contributed by atoms with van der Waals surface area (Å²) < 4.78 is 0. The number of nitrogens with zero attached hydrogens (tertiary/aromatic N) is 1. The van der Waals surface area contributed by atoms with Crippen molar-refractivity contribution in [3.8, 4) is 0 Å². The molecule has 4 aliphatic rings. The Hall–Kier alpha value is -3.17. The second-order valence-corrected chi connectivity index (χ2v) is 12.7. The van der Waals surface area contributed by atoms with Gasteiger partial charge in [-0.3, -0.25) is 24.1 Å². The van der Waals surface area contributed by atoms with Gasteiger partial charge in [-0.05, 0) is 48.8 Å². The van der Waals surface area contributed by atoms with Crippen molar-refractivity contribution >= 4 is 46.5 Å². The average molecular weight is 532 g/mol. The van der Waals surface area contributed by atoms with Gasteiger partial charge in [0.05, 0.1) is 16.9 Å². The molecule has 3 fully saturated rings. The van der Waals surface area contributed by atoms with Gasteiger partial charge >= 0.3 is 4.87 Å². The number of hydrogen-bond acceptors (Lipinski definition) is 6. The maximum absolute atomic E-state index is 13.8. The SMILES string of the molecule is CC(C(=O)Nc1ccccc1)N1C(=O)C2C3CC(C2C1=O)C1C(c2ccccc2)c2sc(=O)[nH]c2SC31. The maximum atomic E-state index is 13.8. The van der Waals surface area contributed by atoms with Crippen LogP contribution in [0.1, 0.15) is 29.7 Å². The Morgan fingerprint density at radius 1 is 0.973 bits per heavy atom. The first-order chi connectivity index (χ1) is 17.9. The van der Waals surface area contributed by atoms with Crippen LogP contribution in [0.25, 0.3) is 0 Å². The summed E-state index contributed by atoms with van der Waals surface area (Å²) in [6.07, 6.45) is 0.829. The minimum atomic E-state index is -0.886. The van der Waals surface area contributed by atoms with E-state index in [1.807, 2.05) is 36.4 Å². The van der Waals surface area contributed by atoms with Crippen LogP contribution in [0.5, 0.6) is 0 Å². The number of imide groups is 1. The molecule has 188 valence electrons. The lowest BCUT2D eigenvalue weighted by molar-refractivity contribution is -0.146. The van der Waals surface area contributed by atoms with E-state index in [1.165, 1.54) is 16.2 Å². The van der Waals surface area contributed by atoms with Crippen molar-refractivity contribution in [1.82, 2.24) is 9.88 Å². The van der Waals surface area contributed by atoms with E-state index in [4.69, 9.17) is 0 Å². The Bertz CT molecular complexity index is 1470. The fraction of sp³-hybridized carbons (Fsp3) is 0.357. The molecule has 2 N–H and O–H groups in total. The molecule has 3 amide bonds. The molecular formula is C28H25N3O4S2. The van der Waals surface area contributed by atoms with Gasteiger partial charge in [-0.15, -0.1) is 11.8 Å². The summed E-state index contributed by atoms with van der Waals surface area (Å²) in [5, 5.41) is 3.87. The third-order valence-electron chi connectivity index (χ3n) is 8.72. The molecular weight excluding hydrogens is 506 g/mol. The van der Waals surface area contributed by atoms with Gasteiger partial charge in [-0.2, -0.15) is 0 Å². The lowest BCUT2D eigenvalue weighted by atomic mass is 9.68. The van der Waals surface area contributed by atoms with E-state index in [0.29, 0.717) is 5.69 Å². The molecule has 0 spiro atoms. The molecule has 8 atom stereocenters. The summed E-state index contributed by atoms with van der Waals surface area (Å²) in [7, 11) is 0. The molecule has 0 radical (unpaired) electrons. The normalized spacial score (nSPS) is 32.1. The van der Waals surface area contributed by atoms with Crippen LogP contribution < -0.4 is 10.2 Å². The van der Waals surface area contributed by atoms with E-state index in [2.05, 4.69) is 22.4 Å². The average Bonchev–Trinajstić information content (AvgIpc) is 3.63. The third-order valence-corrected chi connectivity index (χ3v) is 11.3. The zero-order chi connectivity index (χ0) is 25.4. The number of rotatable bonds is 4. The quantitative estimate of drug-likeness (QED) is 0.497. The van der Waals surface area contributed by atoms with Gasteiger partial charge in [-0.25, -0.2) is 0 Å². The van der Waals surface area contributed by atoms with Crippen molar-refractivity contribution in [2.24, 2.45) is 29.6 Å². The number of fused-ring (bicyclic) bond motifs is 9. The van der Waals surface area contributed by atoms with Crippen LogP contribution in [0.15, 0.2) is 70.5 Å². The number of aromatic amines is 1. The predicted molar refractivity (Wildman–Crippen MR) is 141 cm³/mol. The number of amides is 3. The molecule has 37 heavy (non-hydrogen) atoms. The van der Waals surface area contributed by atoms with Gasteiger partial charge < -0.3 is 10.3 Å². The maximum Gasteiger partial charge on any atom is 0.305 e. The van der Waals surface area contributed by atoms with E-state index < -0.39 is 17.9 Å². The van der Waals surface area contributed by atoms with Crippen LogP contribution in [-0.4, -0.2) is 38.9 Å². The van der Waals surface area contributed by atoms with E-state index in [1.54, 1.807) is 30.8 Å². The Labute approximate surface area is 221 Å². The van der Waals surface area contributed by atoms with E-state index >= 15 is 0 Å². The Morgan fingerprint density at radius 2 is 1.62 bits per heavy atom. The van der Waals surface area contributed by atoms with Crippen LogP contribution in [0.3, 0.4) is 0 Å². The Kier molecular flexibility index (Phi) is 5.23. The number of aromatic nitrogens is 1. The number of thioether (sulfide) groups is 1. The zero-order valence-electron chi connectivity index (χ0n) is 20.0. The molecule has 2 aliphatic heterocycles. The van der Waals surface area contributed by atoms with Gasteiger partial charge in [0.25, 0.3) is 0 Å². The van der Waals surface area contributed by atoms with Crippen LogP contribution in [0.2, 0.25) is 0 Å². The van der Waals surface area contributed by atoms with E-state index in [-0.39, 0.29) is 51.5 Å². The predicted octanol–water partition coefficient (Wildman–Crippen LogP) is 3.94. The minimum Gasteiger partial charge on any atom is -0.324 e. The summed E-state index contributed by atoms with van der Waals surface area (Å²) in [5.41, 5.74) is 1.77. The van der Waals surface area contributed by atoms with Crippen molar-refractivity contribution in [3.63, 3.8) is 0 Å². The summed E-state index contributed by atoms with van der Waals surface area (Å²) in [6.45, 7) is 1.63. The molecule has 1 saturated heterocycles. The number of hydrogen-bond donors (Lipinski definition) is 2. The molecule has 7 rings (SSSR count). The van der Waals surface area contributed by atoms with Gasteiger partial charge in [0.1, 0.15) is 6.04 Å². The molecule has 3 heterocycles. The van der Waals surface area contributed by atoms with Gasteiger partial charge in [0.2, 0.25) is 17.7 Å². The number of thiazole rings is 1. The lowest BCUT2D eigenvalue weighted by Gasteiger charge is -2.43. The summed E-state index contributed by atoms with van der Waals surface area (Å²) in [5.74, 6) is -1.38. The highest BCUT2D eigenvalue weighted by Crippen LogP contribution is 2.68. The summed E-state index contributed by atoms with van der Waals surface area (Å²) in [4.78, 5) is 58.1. The van der Waals surface area contributed by atoms with Crippen molar-refractivity contribution in [3.05, 3.63) is 80.8 Å². The topological polar surface area (TPSA) is 99.3 Å². The number of anilines is 1. The number of likely N-dealkylation sites (tertiary alicyclic amines) is 1. The standard InChI is InChI=1S/C28H25N3O4S2/c1-13(24(32)29-15-10-6-3-7-11-15)31-26(33)20-16-12-17(21(20)27(31)34)22-19(16)18(14-8-4-2-5-9-14)23-25(36-22)30-28(35)37-23/h2-11,13,16-22H,12H2,1H3,(H,29,32)(H,30,35). The molecule has 2 saturated carbocycles. The first kappa shape index (κ1) is 23.0. The monoisotopic (exact) mass is 531 g/mol. The fourth-order valence-corrected chi connectivity index (χ4v) is 10.2. The molecule has 7 nitrogen and oxygen atoms in total. The molecule has 1 aromatic heterocycles. The number of carbonyl (C=O) groups is 3. The van der Waals surface area contributed by atoms with Crippen LogP contribution in [0, 0.1) is 29.6 Å². The largest absolute Gasteiger partial charge is 0.324 e. The highest BCUT2D eigenvalue weighted by molar-refractivity contribution is 8.00. The Balaban J connectivity index is 1.22. The molecule has 2 aromatic carbocycles. The highest BCUT2D eigenvalue weighted by Gasteiger charge is 2.70. The highest BCUT2D eigenvalue weighted by atomic mass is 32.2. The van der Waals surface area contributed by atoms with Gasteiger partial charge in [0, 0.05) is 21.7 Å². The van der Waals surface area contributed by atoms with E-state index in [0.717, 1.165) is 21.9 Å². The molecule has 8 unspecified atom stereocenters. The smallest absolute Gasteiger partial charge is 0.305 e. The van der Waals surface area contributed by atoms with Crippen molar-refractivity contribution in [2.75, 3.05) is 5.32 Å². The van der Waals surface area contributed by atoms with Crippen molar-refractivity contribution in [1.29, 1.82) is 0 Å². The fourth-order valence-electron chi connectivity index (χ4n) is 7.34. The zero-order valence-corrected chi connectivity index (χ0v) is 21.6. The number of nitrogens with one attached hydrogen (secondary N) is 2. The summed E-state index contributed by atoms with van der Waals surface area (Å²) in [6, 6.07) is 18.4. The Morgan fingerprint density at radius 3 is 2.32 bits per heavy atom. The first-order valence-electron chi connectivity index (χ1n) is 12.6. The number of benzene rings is 2. The van der Waals surface area contributed by atoms with Gasteiger partial charge in [0.15, 0.2) is 0 Å². The lowest BCUT2D eigenvalue weighted by Crippen LogP contribution is -2.46. The van der Waals surface area contributed by atoms with Crippen molar-refractivity contribution < 1.29 is 14.4 Å². The number of para-hydroxylation sites is 1. The second kappa shape index (κ2) is 8.43. The van der Waals surface area contributed by atoms with Crippen LogP contribution in [0.4, 0.5) is 5.69 Å². The molecule has 3 aromatic rings. The second-order valence-electron chi connectivity index (χ2n) is 10.4. The van der Waals surface area contributed by atoms with Crippen LogP contribution in [-0.2, 0) is 14.4 Å². The molecule has 2 aliphatic carbocycles. The molecule has 2 bridgehead atoms.